The monoisotopic (exact) mass is 175 g/mol. The minimum atomic E-state index is 0.897. The van der Waals surface area contributed by atoms with E-state index < -0.39 is 0 Å². The zero-order valence-electron chi connectivity index (χ0n) is 8.43. The predicted octanol–water partition coefficient (Wildman–Crippen LogP) is 2.31. The van der Waals surface area contributed by atoms with E-state index in [0.717, 1.165) is 13.0 Å². The lowest BCUT2D eigenvalue weighted by molar-refractivity contribution is 0.857. The standard InChI is InChI=1S/C12H17N/c1-10-4-6-12(7-5-10)8-11(2)9-13-3/h4-7,13H,2,8-9H2,1,3H3. The Morgan fingerprint density at radius 3 is 2.46 bits per heavy atom. The Morgan fingerprint density at radius 2 is 1.92 bits per heavy atom. The van der Waals surface area contributed by atoms with E-state index in [1.807, 2.05) is 7.05 Å². The second-order valence-electron chi connectivity index (χ2n) is 3.44. The van der Waals surface area contributed by atoms with Crippen LogP contribution in [0.25, 0.3) is 0 Å². The van der Waals surface area contributed by atoms with Gasteiger partial charge in [-0.05, 0) is 26.0 Å². The van der Waals surface area contributed by atoms with Crippen LogP contribution in [0.3, 0.4) is 0 Å². The number of hydrogen-bond acceptors (Lipinski definition) is 1. The van der Waals surface area contributed by atoms with Crippen LogP contribution in [0.2, 0.25) is 0 Å². The molecule has 1 N–H and O–H groups in total. The Bertz CT molecular complexity index is 272. The van der Waals surface area contributed by atoms with E-state index in [1.165, 1.54) is 16.7 Å². The Balaban J connectivity index is 2.54. The maximum absolute atomic E-state index is 4.00. The third-order valence-electron chi connectivity index (χ3n) is 2.00. The zero-order valence-corrected chi connectivity index (χ0v) is 8.43. The maximum Gasteiger partial charge on any atom is 0.0162 e. The van der Waals surface area contributed by atoms with Crippen molar-refractivity contribution in [1.29, 1.82) is 0 Å². The van der Waals surface area contributed by atoms with E-state index in [-0.39, 0.29) is 0 Å². The van der Waals surface area contributed by atoms with Crippen molar-refractivity contribution in [2.45, 2.75) is 13.3 Å². The molecule has 0 unspecified atom stereocenters. The largest absolute Gasteiger partial charge is 0.316 e. The Hall–Kier alpha value is -1.08. The summed E-state index contributed by atoms with van der Waals surface area (Å²) < 4.78 is 0. The minimum absolute atomic E-state index is 0.897. The fourth-order valence-electron chi connectivity index (χ4n) is 1.31. The van der Waals surface area contributed by atoms with E-state index >= 15 is 0 Å². The first-order valence-electron chi connectivity index (χ1n) is 4.59. The van der Waals surface area contributed by atoms with Gasteiger partial charge in [-0.25, -0.2) is 0 Å². The first kappa shape index (κ1) is 10.0. The van der Waals surface area contributed by atoms with E-state index in [4.69, 9.17) is 0 Å². The van der Waals surface area contributed by atoms with Gasteiger partial charge >= 0.3 is 0 Å². The van der Waals surface area contributed by atoms with Crippen molar-refractivity contribution < 1.29 is 0 Å². The summed E-state index contributed by atoms with van der Waals surface area (Å²) in [7, 11) is 1.94. The van der Waals surface area contributed by atoms with E-state index in [9.17, 15) is 0 Å². The van der Waals surface area contributed by atoms with Gasteiger partial charge in [-0.3, -0.25) is 0 Å². The van der Waals surface area contributed by atoms with Gasteiger partial charge in [0.25, 0.3) is 0 Å². The number of nitrogens with one attached hydrogen (secondary N) is 1. The van der Waals surface area contributed by atoms with Crippen LogP contribution in [0.5, 0.6) is 0 Å². The molecule has 0 saturated carbocycles. The quantitative estimate of drug-likeness (QED) is 0.692. The normalized spacial score (nSPS) is 10.0. The molecule has 0 heterocycles. The molecule has 1 nitrogen and oxygen atoms in total. The molecule has 0 saturated heterocycles. The van der Waals surface area contributed by atoms with Crippen LogP contribution >= 0.6 is 0 Å². The molecular formula is C12H17N. The molecule has 0 spiro atoms. The van der Waals surface area contributed by atoms with E-state index in [1.54, 1.807) is 0 Å². The van der Waals surface area contributed by atoms with Gasteiger partial charge in [0, 0.05) is 6.54 Å². The highest BCUT2D eigenvalue weighted by Gasteiger charge is 1.95. The molecule has 0 aliphatic carbocycles. The number of rotatable bonds is 4. The highest BCUT2D eigenvalue weighted by Crippen LogP contribution is 2.07. The fraction of sp³-hybridized carbons (Fsp3) is 0.333. The van der Waals surface area contributed by atoms with Crippen molar-refractivity contribution in [1.82, 2.24) is 5.32 Å². The first-order valence-corrected chi connectivity index (χ1v) is 4.59. The van der Waals surface area contributed by atoms with Crippen LogP contribution < -0.4 is 5.32 Å². The Kier molecular flexibility index (Phi) is 3.71. The molecule has 13 heavy (non-hydrogen) atoms. The average molecular weight is 175 g/mol. The number of hydrogen-bond donors (Lipinski definition) is 1. The summed E-state index contributed by atoms with van der Waals surface area (Å²) in [6, 6.07) is 8.61. The highest BCUT2D eigenvalue weighted by atomic mass is 14.8. The van der Waals surface area contributed by atoms with Gasteiger partial charge in [-0.1, -0.05) is 42.0 Å². The predicted molar refractivity (Wildman–Crippen MR) is 57.9 cm³/mol. The van der Waals surface area contributed by atoms with Crippen LogP contribution in [-0.4, -0.2) is 13.6 Å². The molecule has 1 aromatic rings. The van der Waals surface area contributed by atoms with Crippen molar-refractivity contribution in [3.63, 3.8) is 0 Å². The maximum atomic E-state index is 4.00. The molecule has 0 aromatic heterocycles. The van der Waals surface area contributed by atoms with Crippen LogP contribution in [0.4, 0.5) is 0 Å². The summed E-state index contributed by atoms with van der Waals surface area (Å²) in [5.74, 6) is 0. The molecule has 0 fully saturated rings. The summed E-state index contributed by atoms with van der Waals surface area (Å²) in [6.07, 6.45) is 0.973. The van der Waals surface area contributed by atoms with Crippen LogP contribution in [-0.2, 0) is 6.42 Å². The lowest BCUT2D eigenvalue weighted by atomic mass is 10.1. The fourth-order valence-corrected chi connectivity index (χ4v) is 1.31. The van der Waals surface area contributed by atoms with Gasteiger partial charge in [-0.2, -0.15) is 0 Å². The SMILES string of the molecule is C=C(CNC)Cc1ccc(C)cc1. The highest BCUT2D eigenvalue weighted by molar-refractivity contribution is 5.25. The number of aryl methyl sites for hydroxylation is 1. The van der Waals surface area contributed by atoms with Gasteiger partial charge < -0.3 is 5.32 Å². The third kappa shape index (κ3) is 3.43. The molecule has 0 bridgehead atoms. The summed E-state index contributed by atoms with van der Waals surface area (Å²) >= 11 is 0. The molecule has 0 radical (unpaired) electrons. The smallest absolute Gasteiger partial charge is 0.0162 e. The Labute approximate surface area is 80.5 Å². The van der Waals surface area contributed by atoms with Gasteiger partial charge in [0.1, 0.15) is 0 Å². The lowest BCUT2D eigenvalue weighted by Gasteiger charge is -2.04. The van der Waals surface area contributed by atoms with E-state index in [0.29, 0.717) is 0 Å². The van der Waals surface area contributed by atoms with Crippen molar-refractivity contribution in [2.24, 2.45) is 0 Å². The van der Waals surface area contributed by atoms with Crippen molar-refractivity contribution in [3.05, 3.63) is 47.5 Å². The summed E-state index contributed by atoms with van der Waals surface area (Å²) in [5.41, 5.74) is 3.88. The molecule has 1 aromatic carbocycles. The molecule has 0 aliphatic rings. The molecule has 0 amide bonds. The van der Waals surface area contributed by atoms with Crippen LogP contribution in [0.15, 0.2) is 36.4 Å². The van der Waals surface area contributed by atoms with Crippen LogP contribution in [0.1, 0.15) is 11.1 Å². The van der Waals surface area contributed by atoms with E-state index in [2.05, 4.69) is 43.1 Å². The minimum Gasteiger partial charge on any atom is -0.316 e. The van der Waals surface area contributed by atoms with Crippen molar-refractivity contribution in [2.75, 3.05) is 13.6 Å². The molecule has 1 heteroatoms. The van der Waals surface area contributed by atoms with Crippen molar-refractivity contribution >= 4 is 0 Å². The summed E-state index contributed by atoms with van der Waals surface area (Å²) in [4.78, 5) is 0. The number of likely N-dealkylation sites (N-methyl/N-ethyl adjacent to an activating group) is 1. The molecule has 70 valence electrons. The van der Waals surface area contributed by atoms with Gasteiger partial charge in [-0.15, -0.1) is 0 Å². The second kappa shape index (κ2) is 4.83. The van der Waals surface area contributed by atoms with Gasteiger partial charge in [0.15, 0.2) is 0 Å². The summed E-state index contributed by atoms with van der Waals surface area (Å²) in [5, 5.41) is 3.10. The molecular weight excluding hydrogens is 158 g/mol. The summed E-state index contributed by atoms with van der Waals surface area (Å²) in [6.45, 7) is 7.00. The lowest BCUT2D eigenvalue weighted by Crippen LogP contribution is -2.11. The molecule has 0 atom stereocenters. The zero-order chi connectivity index (χ0) is 9.68. The second-order valence-corrected chi connectivity index (χ2v) is 3.44. The topological polar surface area (TPSA) is 12.0 Å². The number of benzene rings is 1. The average Bonchev–Trinajstić information content (AvgIpc) is 2.09. The Morgan fingerprint density at radius 1 is 1.31 bits per heavy atom. The molecule has 0 aliphatic heterocycles. The molecule has 1 rings (SSSR count). The van der Waals surface area contributed by atoms with Crippen molar-refractivity contribution in [3.8, 4) is 0 Å². The van der Waals surface area contributed by atoms with Crippen LogP contribution in [0, 0.1) is 6.92 Å². The van der Waals surface area contributed by atoms with Gasteiger partial charge in [0.05, 0.1) is 0 Å². The first-order chi connectivity index (χ1) is 6.22. The van der Waals surface area contributed by atoms with Gasteiger partial charge in [0.2, 0.25) is 0 Å². The third-order valence-corrected chi connectivity index (χ3v) is 2.00.